The molecule has 0 aliphatic carbocycles. The van der Waals surface area contributed by atoms with Gasteiger partial charge in [0.1, 0.15) is 17.8 Å². The van der Waals surface area contributed by atoms with Crippen LogP contribution in [-0.4, -0.2) is 54.6 Å². The van der Waals surface area contributed by atoms with Crippen LogP contribution in [0.1, 0.15) is 12.8 Å². The smallest absolute Gasteiger partial charge is 0.222 e. The maximum atomic E-state index is 11.6. The van der Waals surface area contributed by atoms with Crippen molar-refractivity contribution in [2.75, 3.05) is 19.7 Å². The lowest BCUT2D eigenvalue weighted by molar-refractivity contribution is -0.145. The Kier molecular flexibility index (Phi) is 4.01. The summed E-state index contributed by atoms with van der Waals surface area (Å²) >= 11 is 0. The van der Waals surface area contributed by atoms with E-state index in [-0.39, 0.29) is 18.4 Å². The molecule has 6 nitrogen and oxygen atoms in total. The summed E-state index contributed by atoms with van der Waals surface area (Å²) in [5.74, 6) is -0.0968. The summed E-state index contributed by atoms with van der Waals surface area (Å²) in [7, 11) is 0. The Hall–Kier alpha value is -0.950. The van der Waals surface area contributed by atoms with E-state index in [1.165, 1.54) is 0 Å². The first-order valence-corrected chi connectivity index (χ1v) is 6.18. The van der Waals surface area contributed by atoms with Crippen molar-refractivity contribution in [1.29, 1.82) is 0 Å². The van der Waals surface area contributed by atoms with E-state index in [1.807, 2.05) is 0 Å². The molecule has 1 spiro atoms. The van der Waals surface area contributed by atoms with Crippen LogP contribution in [0.4, 0.5) is 0 Å². The zero-order chi connectivity index (χ0) is 13.2. The van der Waals surface area contributed by atoms with Crippen LogP contribution in [0.25, 0.3) is 0 Å². The molecule has 2 rings (SSSR count). The Morgan fingerprint density at radius 1 is 1.67 bits per heavy atom. The third kappa shape index (κ3) is 2.72. The first kappa shape index (κ1) is 13.5. The van der Waals surface area contributed by atoms with Crippen molar-refractivity contribution in [2.24, 2.45) is 5.73 Å². The van der Waals surface area contributed by atoms with E-state index < -0.39 is 17.8 Å². The van der Waals surface area contributed by atoms with E-state index >= 15 is 0 Å². The highest BCUT2D eigenvalue weighted by atomic mass is 16.6. The number of aliphatic hydroxyl groups is 1. The summed E-state index contributed by atoms with van der Waals surface area (Å²) in [5.41, 5.74) is 4.78. The molecular formula is C12H20N2O4. The van der Waals surface area contributed by atoms with Gasteiger partial charge in [-0.1, -0.05) is 6.08 Å². The molecule has 18 heavy (non-hydrogen) atoms. The first-order chi connectivity index (χ1) is 8.61. The quantitative estimate of drug-likeness (QED) is 0.429. The van der Waals surface area contributed by atoms with Gasteiger partial charge in [0.2, 0.25) is 5.91 Å². The number of nitrogens with two attached hydrogens (primary N) is 1. The third-order valence-electron chi connectivity index (χ3n) is 3.40. The highest BCUT2D eigenvalue weighted by Gasteiger charge is 2.58. The van der Waals surface area contributed by atoms with Crippen molar-refractivity contribution in [3.8, 4) is 0 Å². The fourth-order valence-corrected chi connectivity index (χ4v) is 2.33. The molecule has 2 aliphatic heterocycles. The number of carbonyl (C=O) groups excluding carboxylic acids is 1. The Balaban J connectivity index is 1.90. The van der Waals surface area contributed by atoms with Crippen LogP contribution in [0, 0.1) is 0 Å². The van der Waals surface area contributed by atoms with Crippen LogP contribution < -0.4 is 11.1 Å². The molecule has 2 aliphatic rings. The zero-order valence-corrected chi connectivity index (χ0v) is 10.3. The summed E-state index contributed by atoms with van der Waals surface area (Å²) < 4.78 is 11.0. The first-order valence-electron chi connectivity index (χ1n) is 6.18. The molecule has 0 aromatic carbocycles. The molecule has 1 amide bonds. The van der Waals surface area contributed by atoms with Gasteiger partial charge < -0.3 is 25.6 Å². The molecule has 102 valence electrons. The minimum atomic E-state index is -0.696. The van der Waals surface area contributed by atoms with Gasteiger partial charge in [-0.15, -0.1) is 6.58 Å². The summed E-state index contributed by atoms with van der Waals surface area (Å²) in [6, 6.07) is 0. The summed E-state index contributed by atoms with van der Waals surface area (Å²) in [6.07, 6.45) is 0.915. The largest absolute Gasteiger partial charge is 0.387 e. The van der Waals surface area contributed by atoms with Crippen molar-refractivity contribution < 1.29 is 19.4 Å². The van der Waals surface area contributed by atoms with E-state index in [0.717, 1.165) is 0 Å². The molecule has 4 N–H and O–H groups in total. The molecule has 2 saturated heterocycles. The zero-order valence-electron chi connectivity index (χ0n) is 10.3. The number of nitrogens with one attached hydrogen (secondary N) is 1. The molecule has 0 saturated carbocycles. The van der Waals surface area contributed by atoms with Gasteiger partial charge in [0, 0.05) is 19.5 Å². The van der Waals surface area contributed by atoms with Crippen LogP contribution in [0.15, 0.2) is 12.7 Å². The number of rotatable bonds is 5. The van der Waals surface area contributed by atoms with Gasteiger partial charge in [-0.05, 0) is 0 Å². The van der Waals surface area contributed by atoms with Crippen LogP contribution in [0.3, 0.4) is 0 Å². The van der Waals surface area contributed by atoms with Gasteiger partial charge >= 0.3 is 0 Å². The fourth-order valence-electron chi connectivity index (χ4n) is 2.33. The standard InChI is InChI=1S/C12H20N2O4/c1-2-9-11(16)12(7-17-12)6-8(18-9)5-10(15)14-4-3-13/h2,8-9,11,16H,1,3-7,13H2,(H,14,15)/t8-,9-,11-,12-/m1/s1. The van der Waals surface area contributed by atoms with Crippen LogP contribution in [0.2, 0.25) is 0 Å². The number of hydrogen-bond donors (Lipinski definition) is 3. The molecule has 2 heterocycles. The van der Waals surface area contributed by atoms with E-state index in [1.54, 1.807) is 6.08 Å². The SMILES string of the molecule is C=C[C@H]1O[C@H](CC(=O)NCCN)C[C@@]2(CO2)[C@@H]1O. The van der Waals surface area contributed by atoms with Crippen LogP contribution >= 0.6 is 0 Å². The lowest BCUT2D eigenvalue weighted by Crippen LogP contribution is -2.50. The maximum absolute atomic E-state index is 11.6. The average Bonchev–Trinajstić information content (AvgIpc) is 3.11. The van der Waals surface area contributed by atoms with Gasteiger partial charge in [-0.2, -0.15) is 0 Å². The normalized spacial score (nSPS) is 38.4. The second kappa shape index (κ2) is 5.36. The molecular weight excluding hydrogens is 236 g/mol. The number of aliphatic hydroxyl groups excluding tert-OH is 1. The number of ether oxygens (including phenoxy) is 2. The molecule has 0 unspecified atom stereocenters. The van der Waals surface area contributed by atoms with E-state index in [4.69, 9.17) is 15.2 Å². The van der Waals surface area contributed by atoms with E-state index in [9.17, 15) is 9.90 Å². The highest BCUT2D eigenvalue weighted by Crippen LogP contribution is 2.43. The van der Waals surface area contributed by atoms with Gasteiger partial charge in [-0.3, -0.25) is 4.79 Å². The molecule has 0 radical (unpaired) electrons. The van der Waals surface area contributed by atoms with E-state index in [2.05, 4.69) is 11.9 Å². The molecule has 2 fully saturated rings. The summed E-state index contributed by atoms with van der Waals surface area (Å²) in [5, 5.41) is 12.7. The predicted molar refractivity (Wildman–Crippen MR) is 64.8 cm³/mol. The van der Waals surface area contributed by atoms with Crippen molar-refractivity contribution in [3.63, 3.8) is 0 Å². The topological polar surface area (TPSA) is 97.1 Å². The Labute approximate surface area is 106 Å². The van der Waals surface area contributed by atoms with Crippen LogP contribution in [0.5, 0.6) is 0 Å². The maximum Gasteiger partial charge on any atom is 0.222 e. The predicted octanol–water partition coefficient (Wildman–Crippen LogP) is -1.08. The molecule has 6 heteroatoms. The fraction of sp³-hybridized carbons (Fsp3) is 0.750. The van der Waals surface area contributed by atoms with Gasteiger partial charge in [0.05, 0.1) is 19.1 Å². The third-order valence-corrected chi connectivity index (χ3v) is 3.40. The van der Waals surface area contributed by atoms with Gasteiger partial charge in [0.15, 0.2) is 0 Å². The minimum absolute atomic E-state index is 0.0968. The van der Waals surface area contributed by atoms with Crippen molar-refractivity contribution in [2.45, 2.75) is 36.8 Å². The van der Waals surface area contributed by atoms with Gasteiger partial charge in [-0.25, -0.2) is 0 Å². The second-order valence-electron chi connectivity index (χ2n) is 4.80. The van der Waals surface area contributed by atoms with Crippen molar-refractivity contribution >= 4 is 5.91 Å². The number of epoxide rings is 1. The molecule has 4 atom stereocenters. The molecule has 0 aromatic heterocycles. The Morgan fingerprint density at radius 3 is 2.94 bits per heavy atom. The highest BCUT2D eigenvalue weighted by molar-refractivity contribution is 5.76. The average molecular weight is 256 g/mol. The lowest BCUT2D eigenvalue weighted by atomic mass is 9.88. The number of hydrogen-bond acceptors (Lipinski definition) is 5. The summed E-state index contributed by atoms with van der Waals surface area (Å²) in [4.78, 5) is 11.6. The van der Waals surface area contributed by atoms with Crippen molar-refractivity contribution in [1.82, 2.24) is 5.32 Å². The van der Waals surface area contributed by atoms with Crippen LogP contribution in [-0.2, 0) is 14.3 Å². The lowest BCUT2D eigenvalue weighted by Gasteiger charge is -2.36. The van der Waals surface area contributed by atoms with Crippen molar-refractivity contribution in [3.05, 3.63) is 12.7 Å². The Morgan fingerprint density at radius 2 is 2.39 bits per heavy atom. The monoisotopic (exact) mass is 256 g/mol. The molecule has 0 bridgehead atoms. The Bertz CT molecular complexity index is 330. The number of amides is 1. The second-order valence-corrected chi connectivity index (χ2v) is 4.80. The minimum Gasteiger partial charge on any atom is -0.387 e. The molecule has 0 aromatic rings. The number of carbonyl (C=O) groups is 1. The summed E-state index contributed by atoms with van der Waals surface area (Å²) in [6.45, 7) is 5.02. The van der Waals surface area contributed by atoms with Gasteiger partial charge in [0.25, 0.3) is 0 Å². The van der Waals surface area contributed by atoms with E-state index in [0.29, 0.717) is 26.1 Å².